The summed E-state index contributed by atoms with van der Waals surface area (Å²) < 4.78 is 38.6. The Kier molecular flexibility index (Phi) is 7.62. The number of morpholine rings is 1. The standard InChI is InChI=1S/C26H28N2O5S/c1-32-25-13-12-23(34(30,31)28-14-16-33-17-15-28)18-24(25)26(29)27(19-21-8-4-2-5-9-21)20-22-10-6-3-7-11-22/h2-13,18H,14-17,19-20H2,1H3. The number of nitrogens with zero attached hydrogens (tertiary/aromatic N) is 2. The number of amides is 1. The minimum atomic E-state index is -3.76. The molecule has 3 aromatic carbocycles. The van der Waals surface area contributed by atoms with Crippen LogP contribution in [0, 0.1) is 0 Å². The molecule has 3 aromatic rings. The molecule has 1 amide bonds. The second kappa shape index (κ2) is 10.8. The molecular weight excluding hydrogens is 452 g/mol. The third kappa shape index (κ3) is 5.47. The molecule has 1 aliphatic heterocycles. The molecule has 178 valence electrons. The molecule has 0 unspecified atom stereocenters. The maximum Gasteiger partial charge on any atom is 0.258 e. The van der Waals surface area contributed by atoms with Gasteiger partial charge in [0, 0.05) is 26.2 Å². The average Bonchev–Trinajstić information content (AvgIpc) is 2.89. The first-order chi connectivity index (χ1) is 16.5. The van der Waals surface area contributed by atoms with Gasteiger partial charge < -0.3 is 14.4 Å². The number of hydrogen-bond donors (Lipinski definition) is 0. The summed E-state index contributed by atoms with van der Waals surface area (Å²) in [5.41, 5.74) is 2.16. The molecular formula is C26H28N2O5S. The number of sulfonamides is 1. The van der Waals surface area contributed by atoms with E-state index in [1.807, 2.05) is 60.7 Å². The van der Waals surface area contributed by atoms with Crippen molar-refractivity contribution in [3.05, 3.63) is 95.6 Å². The zero-order chi connectivity index (χ0) is 24.0. The third-order valence-electron chi connectivity index (χ3n) is 5.73. The van der Waals surface area contributed by atoms with Crippen LogP contribution in [-0.2, 0) is 27.8 Å². The van der Waals surface area contributed by atoms with Gasteiger partial charge >= 0.3 is 0 Å². The van der Waals surface area contributed by atoms with Gasteiger partial charge in [0.05, 0.1) is 30.8 Å². The van der Waals surface area contributed by atoms with E-state index in [4.69, 9.17) is 9.47 Å². The van der Waals surface area contributed by atoms with Crippen molar-refractivity contribution in [2.75, 3.05) is 33.4 Å². The summed E-state index contributed by atoms with van der Waals surface area (Å²) in [7, 11) is -2.29. The number of carbonyl (C=O) groups is 1. The number of benzene rings is 3. The van der Waals surface area contributed by atoms with Crippen LogP contribution in [0.2, 0.25) is 0 Å². The first-order valence-corrected chi connectivity index (χ1v) is 12.6. The molecule has 0 N–H and O–H groups in total. The van der Waals surface area contributed by atoms with Crippen LogP contribution in [0.3, 0.4) is 0 Å². The quantitative estimate of drug-likeness (QED) is 0.493. The molecule has 1 saturated heterocycles. The fourth-order valence-corrected chi connectivity index (χ4v) is 5.36. The molecule has 34 heavy (non-hydrogen) atoms. The molecule has 0 atom stereocenters. The number of methoxy groups -OCH3 is 1. The highest BCUT2D eigenvalue weighted by Gasteiger charge is 2.29. The first-order valence-electron chi connectivity index (χ1n) is 11.1. The van der Waals surface area contributed by atoms with Crippen LogP contribution >= 0.6 is 0 Å². The average molecular weight is 481 g/mol. The Morgan fingerprint density at radius 3 is 2.00 bits per heavy atom. The predicted octanol–water partition coefficient (Wildman–Crippen LogP) is 3.56. The Hall–Kier alpha value is -3.20. The minimum absolute atomic E-state index is 0.0675. The number of rotatable bonds is 8. The lowest BCUT2D eigenvalue weighted by molar-refractivity contribution is 0.0723. The maximum atomic E-state index is 13.8. The smallest absolute Gasteiger partial charge is 0.258 e. The first kappa shape index (κ1) is 23.9. The van der Waals surface area contributed by atoms with Gasteiger partial charge in [0.15, 0.2) is 0 Å². The fourth-order valence-electron chi connectivity index (χ4n) is 3.93. The molecule has 0 bridgehead atoms. The summed E-state index contributed by atoms with van der Waals surface area (Å²) in [6.07, 6.45) is 0. The Balaban J connectivity index is 1.70. The summed E-state index contributed by atoms with van der Waals surface area (Å²) in [6.45, 7) is 2.01. The lowest BCUT2D eigenvalue weighted by atomic mass is 10.1. The van der Waals surface area contributed by atoms with Crippen LogP contribution in [-0.4, -0.2) is 56.9 Å². The zero-order valence-corrected chi connectivity index (χ0v) is 19.9. The van der Waals surface area contributed by atoms with Crippen molar-refractivity contribution in [2.45, 2.75) is 18.0 Å². The highest BCUT2D eigenvalue weighted by atomic mass is 32.2. The lowest BCUT2D eigenvalue weighted by Gasteiger charge is -2.27. The van der Waals surface area contributed by atoms with E-state index in [-0.39, 0.29) is 29.5 Å². The van der Waals surface area contributed by atoms with Gasteiger partial charge in [-0.1, -0.05) is 60.7 Å². The van der Waals surface area contributed by atoms with Crippen LogP contribution in [0.1, 0.15) is 21.5 Å². The summed E-state index contributed by atoms with van der Waals surface area (Å²) >= 11 is 0. The van der Waals surface area contributed by atoms with Crippen LogP contribution in [0.25, 0.3) is 0 Å². The Bertz CT molecular complexity index is 1170. The molecule has 1 fully saturated rings. The van der Waals surface area contributed by atoms with Crippen molar-refractivity contribution < 1.29 is 22.7 Å². The Labute approximate surface area is 200 Å². The van der Waals surface area contributed by atoms with Crippen molar-refractivity contribution in [2.24, 2.45) is 0 Å². The van der Waals surface area contributed by atoms with Crippen LogP contribution in [0.4, 0.5) is 0 Å². The third-order valence-corrected chi connectivity index (χ3v) is 7.62. The van der Waals surface area contributed by atoms with Gasteiger partial charge in [0.25, 0.3) is 5.91 Å². The summed E-state index contributed by atoms with van der Waals surface area (Å²) in [5, 5.41) is 0. The van der Waals surface area contributed by atoms with E-state index in [1.54, 1.807) is 11.0 Å². The van der Waals surface area contributed by atoms with E-state index >= 15 is 0 Å². The molecule has 1 aliphatic rings. The Morgan fingerprint density at radius 2 is 1.47 bits per heavy atom. The highest BCUT2D eigenvalue weighted by Crippen LogP contribution is 2.27. The SMILES string of the molecule is COc1ccc(S(=O)(=O)N2CCOCC2)cc1C(=O)N(Cc1ccccc1)Cc1ccccc1. The van der Waals surface area contributed by atoms with Gasteiger partial charge in [-0.3, -0.25) is 4.79 Å². The van der Waals surface area contributed by atoms with Crippen molar-refractivity contribution in [3.8, 4) is 5.75 Å². The van der Waals surface area contributed by atoms with Gasteiger partial charge in [0.2, 0.25) is 10.0 Å². The monoisotopic (exact) mass is 480 g/mol. The van der Waals surface area contributed by atoms with Crippen molar-refractivity contribution in [1.29, 1.82) is 0 Å². The summed E-state index contributed by atoms with van der Waals surface area (Å²) in [5.74, 6) is 0.0284. The van der Waals surface area contributed by atoms with Gasteiger partial charge in [-0.15, -0.1) is 0 Å². The van der Waals surface area contributed by atoms with Crippen molar-refractivity contribution in [1.82, 2.24) is 9.21 Å². The van der Waals surface area contributed by atoms with Crippen LogP contribution in [0.5, 0.6) is 5.75 Å². The van der Waals surface area contributed by atoms with Gasteiger partial charge in [-0.2, -0.15) is 4.31 Å². The second-order valence-electron chi connectivity index (χ2n) is 8.01. The summed E-state index contributed by atoms with van der Waals surface area (Å²) in [4.78, 5) is 15.6. The van der Waals surface area contributed by atoms with E-state index in [1.165, 1.54) is 23.5 Å². The number of carbonyl (C=O) groups excluding carboxylic acids is 1. The minimum Gasteiger partial charge on any atom is -0.496 e. The molecule has 0 radical (unpaired) electrons. The predicted molar refractivity (Wildman–Crippen MR) is 129 cm³/mol. The molecule has 0 saturated carbocycles. The van der Waals surface area contributed by atoms with Crippen LogP contribution in [0.15, 0.2) is 83.8 Å². The molecule has 4 rings (SSSR count). The molecule has 0 spiro atoms. The highest BCUT2D eigenvalue weighted by molar-refractivity contribution is 7.89. The normalized spacial score (nSPS) is 14.5. The molecule has 0 aromatic heterocycles. The Morgan fingerprint density at radius 1 is 0.912 bits per heavy atom. The van der Waals surface area contributed by atoms with E-state index in [2.05, 4.69) is 0 Å². The van der Waals surface area contributed by atoms with E-state index in [0.717, 1.165) is 11.1 Å². The molecule has 8 heteroatoms. The topological polar surface area (TPSA) is 76.1 Å². The second-order valence-corrected chi connectivity index (χ2v) is 9.95. The largest absolute Gasteiger partial charge is 0.496 e. The maximum absolute atomic E-state index is 13.8. The van der Waals surface area contributed by atoms with E-state index in [0.29, 0.717) is 32.1 Å². The number of hydrogen-bond acceptors (Lipinski definition) is 5. The van der Waals surface area contributed by atoms with Crippen LogP contribution < -0.4 is 4.74 Å². The van der Waals surface area contributed by atoms with Crippen molar-refractivity contribution >= 4 is 15.9 Å². The molecule has 0 aliphatic carbocycles. The van der Waals surface area contributed by atoms with Gasteiger partial charge in [-0.05, 0) is 29.3 Å². The van der Waals surface area contributed by atoms with E-state index in [9.17, 15) is 13.2 Å². The molecule has 1 heterocycles. The van der Waals surface area contributed by atoms with E-state index < -0.39 is 10.0 Å². The molecule has 7 nitrogen and oxygen atoms in total. The number of ether oxygens (including phenoxy) is 2. The lowest BCUT2D eigenvalue weighted by Crippen LogP contribution is -2.40. The summed E-state index contributed by atoms with van der Waals surface area (Å²) in [6, 6.07) is 23.9. The zero-order valence-electron chi connectivity index (χ0n) is 19.1. The fraction of sp³-hybridized carbons (Fsp3) is 0.269. The van der Waals surface area contributed by atoms with Gasteiger partial charge in [0.1, 0.15) is 5.75 Å². The van der Waals surface area contributed by atoms with Crippen molar-refractivity contribution in [3.63, 3.8) is 0 Å². The van der Waals surface area contributed by atoms with Gasteiger partial charge in [-0.25, -0.2) is 8.42 Å².